The lowest BCUT2D eigenvalue weighted by atomic mass is 10.1. The molecule has 0 atom stereocenters. The molecule has 0 radical (unpaired) electrons. The quantitative estimate of drug-likeness (QED) is 0.794. The summed E-state index contributed by atoms with van der Waals surface area (Å²) in [7, 11) is 0. The van der Waals surface area contributed by atoms with Gasteiger partial charge in [0, 0.05) is 5.88 Å². The van der Waals surface area contributed by atoms with Crippen LogP contribution in [0.5, 0.6) is 0 Å². The van der Waals surface area contributed by atoms with Gasteiger partial charge in [0.25, 0.3) is 0 Å². The van der Waals surface area contributed by atoms with Gasteiger partial charge in [-0.25, -0.2) is 4.79 Å². The molecule has 1 N–H and O–H groups in total. The second-order valence-electron chi connectivity index (χ2n) is 2.56. The Morgan fingerprint density at radius 2 is 2.21 bits per heavy atom. The van der Waals surface area contributed by atoms with E-state index in [-0.39, 0.29) is 22.0 Å². The van der Waals surface area contributed by atoms with E-state index in [1.54, 1.807) is 0 Å². The zero-order valence-corrected chi connectivity index (χ0v) is 8.43. The summed E-state index contributed by atoms with van der Waals surface area (Å²) in [6, 6.07) is 4.64. The van der Waals surface area contributed by atoms with Crippen LogP contribution in [-0.4, -0.2) is 11.1 Å². The summed E-state index contributed by atoms with van der Waals surface area (Å²) in [5.74, 6) is -1.02. The molecule has 0 unspecified atom stereocenters. The molecule has 0 heterocycles. The number of hydrogen-bond acceptors (Lipinski definition) is 2. The van der Waals surface area contributed by atoms with Gasteiger partial charge in [0.05, 0.1) is 16.1 Å². The predicted octanol–water partition coefficient (Wildman–Crippen LogP) is 2.65. The molecule has 0 fully saturated rings. The van der Waals surface area contributed by atoms with Crippen LogP contribution in [0, 0.1) is 11.3 Å². The number of carboxylic acid groups (broad SMARTS) is 1. The molecule has 0 aromatic heterocycles. The lowest BCUT2D eigenvalue weighted by Crippen LogP contribution is -2.00. The first-order chi connectivity index (χ1) is 6.60. The molecule has 1 rings (SSSR count). The number of nitrogens with zero attached hydrogens (tertiary/aromatic N) is 1. The van der Waals surface area contributed by atoms with E-state index in [4.69, 9.17) is 33.6 Å². The second kappa shape index (κ2) is 4.32. The van der Waals surface area contributed by atoms with Crippen molar-refractivity contribution in [3.63, 3.8) is 0 Å². The van der Waals surface area contributed by atoms with Crippen LogP contribution in [0.2, 0.25) is 5.02 Å². The number of hydrogen-bond donors (Lipinski definition) is 1. The van der Waals surface area contributed by atoms with E-state index in [0.29, 0.717) is 5.56 Å². The third-order valence-electron chi connectivity index (χ3n) is 1.64. The Labute approximate surface area is 90.5 Å². The van der Waals surface area contributed by atoms with Gasteiger partial charge >= 0.3 is 5.97 Å². The summed E-state index contributed by atoms with van der Waals surface area (Å²) >= 11 is 11.2. The third-order valence-corrected chi connectivity index (χ3v) is 2.35. The van der Waals surface area contributed by atoms with Crippen molar-refractivity contribution < 1.29 is 9.90 Å². The Kier molecular flexibility index (Phi) is 3.34. The smallest absolute Gasteiger partial charge is 0.337 e. The van der Waals surface area contributed by atoms with Gasteiger partial charge in [0.1, 0.15) is 6.07 Å². The maximum atomic E-state index is 10.7. The first kappa shape index (κ1) is 10.8. The minimum Gasteiger partial charge on any atom is -0.478 e. The van der Waals surface area contributed by atoms with Gasteiger partial charge in [-0.1, -0.05) is 11.6 Å². The van der Waals surface area contributed by atoms with Crippen molar-refractivity contribution in [3.8, 4) is 6.07 Å². The van der Waals surface area contributed by atoms with Gasteiger partial charge in [-0.15, -0.1) is 11.6 Å². The Morgan fingerprint density at radius 3 is 2.64 bits per heavy atom. The van der Waals surface area contributed by atoms with E-state index in [2.05, 4.69) is 0 Å². The molecule has 0 saturated carbocycles. The average molecular weight is 230 g/mol. The van der Waals surface area contributed by atoms with E-state index >= 15 is 0 Å². The number of alkyl halides is 1. The molecule has 0 amide bonds. The number of carboxylic acids is 1. The number of halogens is 2. The topological polar surface area (TPSA) is 61.1 Å². The van der Waals surface area contributed by atoms with Crippen LogP contribution in [0.3, 0.4) is 0 Å². The zero-order valence-electron chi connectivity index (χ0n) is 6.92. The summed E-state index contributed by atoms with van der Waals surface area (Å²) in [5.41, 5.74) is 0.591. The van der Waals surface area contributed by atoms with E-state index in [9.17, 15) is 4.79 Å². The number of carbonyl (C=O) groups is 1. The highest BCUT2D eigenvalue weighted by atomic mass is 35.5. The third kappa shape index (κ3) is 1.98. The van der Waals surface area contributed by atoms with Crippen LogP contribution in [0.25, 0.3) is 0 Å². The van der Waals surface area contributed by atoms with Crippen molar-refractivity contribution >= 4 is 29.2 Å². The van der Waals surface area contributed by atoms with Crippen molar-refractivity contribution in [1.82, 2.24) is 0 Å². The van der Waals surface area contributed by atoms with E-state index in [1.165, 1.54) is 12.1 Å². The Balaban J connectivity index is 3.44. The minimum atomic E-state index is -1.17. The molecular formula is C9H5Cl2NO2. The van der Waals surface area contributed by atoms with Gasteiger partial charge in [-0.3, -0.25) is 0 Å². The Hall–Kier alpha value is -1.24. The van der Waals surface area contributed by atoms with E-state index < -0.39 is 5.97 Å². The lowest BCUT2D eigenvalue weighted by Gasteiger charge is -2.03. The zero-order chi connectivity index (χ0) is 10.7. The van der Waals surface area contributed by atoms with Gasteiger partial charge in [-0.05, 0) is 17.7 Å². The molecule has 0 aliphatic heterocycles. The summed E-state index contributed by atoms with van der Waals surface area (Å²) in [6.07, 6.45) is 0. The first-order valence-electron chi connectivity index (χ1n) is 3.62. The molecule has 0 bridgehead atoms. The summed E-state index contributed by atoms with van der Waals surface area (Å²) < 4.78 is 0. The fraction of sp³-hybridized carbons (Fsp3) is 0.111. The van der Waals surface area contributed by atoms with Crippen LogP contribution in [-0.2, 0) is 5.88 Å². The SMILES string of the molecule is N#Cc1cc(CCl)cc(C(=O)O)c1Cl. The summed E-state index contributed by atoms with van der Waals surface area (Å²) in [4.78, 5) is 10.7. The molecular weight excluding hydrogens is 225 g/mol. The van der Waals surface area contributed by atoms with Crippen molar-refractivity contribution in [2.24, 2.45) is 0 Å². The maximum absolute atomic E-state index is 10.7. The molecule has 0 aliphatic rings. The lowest BCUT2D eigenvalue weighted by molar-refractivity contribution is 0.0697. The van der Waals surface area contributed by atoms with Crippen LogP contribution in [0.15, 0.2) is 12.1 Å². The number of aromatic carboxylic acids is 1. The Morgan fingerprint density at radius 1 is 1.57 bits per heavy atom. The molecule has 14 heavy (non-hydrogen) atoms. The number of rotatable bonds is 2. The monoisotopic (exact) mass is 229 g/mol. The van der Waals surface area contributed by atoms with Crippen molar-refractivity contribution in [2.45, 2.75) is 5.88 Å². The van der Waals surface area contributed by atoms with Crippen LogP contribution in [0.4, 0.5) is 0 Å². The standard InChI is InChI=1S/C9H5Cl2NO2/c10-3-5-1-6(4-12)8(11)7(2-5)9(13)14/h1-2H,3H2,(H,13,14). The largest absolute Gasteiger partial charge is 0.478 e. The maximum Gasteiger partial charge on any atom is 0.337 e. The van der Waals surface area contributed by atoms with Crippen molar-refractivity contribution in [2.75, 3.05) is 0 Å². The highest BCUT2D eigenvalue weighted by molar-refractivity contribution is 6.34. The van der Waals surface area contributed by atoms with Gasteiger partial charge < -0.3 is 5.11 Å². The molecule has 0 saturated heterocycles. The fourth-order valence-corrected chi connectivity index (χ4v) is 1.38. The molecule has 5 heteroatoms. The highest BCUT2D eigenvalue weighted by Gasteiger charge is 2.13. The molecule has 1 aromatic rings. The van der Waals surface area contributed by atoms with Gasteiger partial charge in [-0.2, -0.15) is 5.26 Å². The predicted molar refractivity (Wildman–Crippen MR) is 52.7 cm³/mol. The summed E-state index contributed by atoms with van der Waals surface area (Å²) in [5, 5.41) is 17.4. The van der Waals surface area contributed by atoms with Crippen molar-refractivity contribution in [1.29, 1.82) is 5.26 Å². The summed E-state index contributed by atoms with van der Waals surface area (Å²) in [6.45, 7) is 0. The normalized spacial score (nSPS) is 9.50. The number of benzene rings is 1. The average Bonchev–Trinajstić information content (AvgIpc) is 2.17. The van der Waals surface area contributed by atoms with Gasteiger partial charge in [0.2, 0.25) is 0 Å². The van der Waals surface area contributed by atoms with E-state index in [0.717, 1.165) is 0 Å². The first-order valence-corrected chi connectivity index (χ1v) is 4.53. The molecule has 0 aliphatic carbocycles. The second-order valence-corrected chi connectivity index (χ2v) is 3.20. The fourth-order valence-electron chi connectivity index (χ4n) is 0.998. The van der Waals surface area contributed by atoms with Gasteiger partial charge in [0.15, 0.2) is 0 Å². The number of nitriles is 1. The van der Waals surface area contributed by atoms with Crippen LogP contribution in [0.1, 0.15) is 21.5 Å². The molecule has 0 spiro atoms. The minimum absolute atomic E-state index is 0.0473. The molecule has 72 valence electrons. The Bertz CT molecular complexity index is 424. The van der Waals surface area contributed by atoms with E-state index in [1.807, 2.05) is 6.07 Å². The molecule has 1 aromatic carbocycles. The van der Waals surface area contributed by atoms with Crippen LogP contribution < -0.4 is 0 Å². The van der Waals surface area contributed by atoms with Crippen molar-refractivity contribution in [3.05, 3.63) is 33.8 Å². The highest BCUT2D eigenvalue weighted by Crippen LogP contribution is 2.23. The van der Waals surface area contributed by atoms with Crippen LogP contribution >= 0.6 is 23.2 Å². The molecule has 3 nitrogen and oxygen atoms in total.